The van der Waals surface area contributed by atoms with Gasteiger partial charge in [0.15, 0.2) is 0 Å². The van der Waals surface area contributed by atoms with Crippen LogP contribution in [0.15, 0.2) is 24.3 Å². The van der Waals surface area contributed by atoms with Gasteiger partial charge in [-0.05, 0) is 48.6 Å². The molecule has 1 aliphatic rings. The van der Waals surface area contributed by atoms with Crippen molar-refractivity contribution < 1.29 is 0 Å². The van der Waals surface area contributed by atoms with E-state index < -0.39 is 0 Å². The van der Waals surface area contributed by atoms with Crippen LogP contribution in [0.5, 0.6) is 0 Å². The Kier molecular flexibility index (Phi) is 5.45. The van der Waals surface area contributed by atoms with Gasteiger partial charge in [-0.25, -0.2) is 0 Å². The molecule has 0 radical (unpaired) electrons. The van der Waals surface area contributed by atoms with E-state index >= 15 is 0 Å². The third kappa shape index (κ3) is 3.60. The van der Waals surface area contributed by atoms with Crippen LogP contribution in [0.3, 0.4) is 0 Å². The van der Waals surface area contributed by atoms with E-state index in [9.17, 15) is 0 Å². The first-order chi connectivity index (χ1) is 9.26. The van der Waals surface area contributed by atoms with E-state index in [4.69, 9.17) is 5.73 Å². The Morgan fingerprint density at radius 1 is 1.16 bits per heavy atom. The van der Waals surface area contributed by atoms with Crippen molar-refractivity contribution in [1.29, 1.82) is 0 Å². The third-order valence-electron chi connectivity index (χ3n) is 4.70. The minimum atomic E-state index is 0.222. The second-order valence-corrected chi connectivity index (χ2v) is 6.16. The molecular weight excluding hydrogens is 230 g/mol. The molecular formula is C18H29N. The normalized spacial score (nSPS) is 17.5. The number of hydrogen-bond acceptors (Lipinski definition) is 1. The highest BCUT2D eigenvalue weighted by molar-refractivity contribution is 5.29. The second-order valence-electron chi connectivity index (χ2n) is 6.16. The van der Waals surface area contributed by atoms with Gasteiger partial charge in [0.25, 0.3) is 0 Å². The highest BCUT2D eigenvalue weighted by Gasteiger charge is 2.22. The molecule has 1 heteroatoms. The fourth-order valence-corrected chi connectivity index (χ4v) is 3.28. The standard InChI is InChI=1S/C18H29N/c1-3-7-15(8-4-2)18(19)17-12-6-11-16(13-17)14-9-5-10-14/h6,11-15,18H,3-5,7-10,19H2,1-2H3. The summed E-state index contributed by atoms with van der Waals surface area (Å²) in [5.74, 6) is 1.45. The maximum Gasteiger partial charge on any atom is 0.0323 e. The fourth-order valence-electron chi connectivity index (χ4n) is 3.28. The van der Waals surface area contributed by atoms with Crippen LogP contribution in [-0.2, 0) is 0 Å². The molecule has 106 valence electrons. The van der Waals surface area contributed by atoms with E-state index in [2.05, 4.69) is 38.1 Å². The smallest absolute Gasteiger partial charge is 0.0323 e. The van der Waals surface area contributed by atoms with Crippen LogP contribution in [0.2, 0.25) is 0 Å². The largest absolute Gasteiger partial charge is 0.324 e. The summed E-state index contributed by atoms with van der Waals surface area (Å²) >= 11 is 0. The lowest BCUT2D eigenvalue weighted by atomic mass is 9.78. The summed E-state index contributed by atoms with van der Waals surface area (Å²) < 4.78 is 0. The van der Waals surface area contributed by atoms with E-state index in [0.717, 1.165) is 5.92 Å². The Morgan fingerprint density at radius 2 is 1.84 bits per heavy atom. The number of nitrogens with two attached hydrogens (primary N) is 1. The van der Waals surface area contributed by atoms with Gasteiger partial charge >= 0.3 is 0 Å². The number of hydrogen-bond donors (Lipinski definition) is 1. The summed E-state index contributed by atoms with van der Waals surface area (Å²) in [5, 5.41) is 0. The summed E-state index contributed by atoms with van der Waals surface area (Å²) in [6, 6.07) is 9.32. The first-order valence-corrected chi connectivity index (χ1v) is 8.11. The third-order valence-corrected chi connectivity index (χ3v) is 4.70. The first kappa shape index (κ1) is 14.6. The lowest BCUT2D eigenvalue weighted by Gasteiger charge is -2.28. The van der Waals surface area contributed by atoms with Gasteiger partial charge in [0.05, 0.1) is 0 Å². The summed E-state index contributed by atoms with van der Waals surface area (Å²) in [6.45, 7) is 4.53. The molecule has 2 rings (SSSR count). The van der Waals surface area contributed by atoms with Crippen molar-refractivity contribution in [3.05, 3.63) is 35.4 Å². The monoisotopic (exact) mass is 259 g/mol. The molecule has 1 aromatic rings. The van der Waals surface area contributed by atoms with E-state index in [1.165, 1.54) is 56.1 Å². The maximum absolute atomic E-state index is 6.54. The van der Waals surface area contributed by atoms with Gasteiger partial charge in [0.2, 0.25) is 0 Å². The van der Waals surface area contributed by atoms with E-state index in [1.54, 1.807) is 0 Å². The molecule has 0 amide bonds. The van der Waals surface area contributed by atoms with Crippen LogP contribution in [0.4, 0.5) is 0 Å². The van der Waals surface area contributed by atoms with Gasteiger partial charge < -0.3 is 5.73 Å². The molecule has 1 unspecified atom stereocenters. The van der Waals surface area contributed by atoms with Gasteiger partial charge in [-0.1, -0.05) is 57.4 Å². The van der Waals surface area contributed by atoms with Gasteiger partial charge in [0, 0.05) is 6.04 Å². The number of rotatable bonds is 7. The molecule has 0 aromatic heterocycles. The highest BCUT2D eigenvalue weighted by atomic mass is 14.6. The molecule has 1 atom stereocenters. The Balaban J connectivity index is 2.09. The Morgan fingerprint density at radius 3 is 2.37 bits per heavy atom. The summed E-state index contributed by atoms with van der Waals surface area (Å²) in [6.07, 6.45) is 9.11. The SMILES string of the molecule is CCCC(CCC)C(N)c1cccc(C2CCC2)c1. The minimum absolute atomic E-state index is 0.222. The van der Waals surface area contributed by atoms with Crippen molar-refractivity contribution in [1.82, 2.24) is 0 Å². The van der Waals surface area contributed by atoms with Crippen LogP contribution < -0.4 is 5.73 Å². The average Bonchev–Trinajstić information content (AvgIpc) is 2.36. The van der Waals surface area contributed by atoms with Crippen molar-refractivity contribution in [2.24, 2.45) is 11.7 Å². The van der Waals surface area contributed by atoms with Crippen molar-refractivity contribution >= 4 is 0 Å². The lowest BCUT2D eigenvalue weighted by molar-refractivity contribution is 0.367. The minimum Gasteiger partial charge on any atom is -0.324 e. The Labute approximate surface area is 118 Å². The average molecular weight is 259 g/mol. The molecule has 0 aliphatic heterocycles. The second kappa shape index (κ2) is 7.09. The fraction of sp³-hybridized carbons (Fsp3) is 0.667. The van der Waals surface area contributed by atoms with Crippen LogP contribution in [0.1, 0.15) is 81.9 Å². The number of benzene rings is 1. The van der Waals surface area contributed by atoms with Gasteiger partial charge in [0.1, 0.15) is 0 Å². The maximum atomic E-state index is 6.54. The molecule has 1 aromatic carbocycles. The molecule has 0 heterocycles. The summed E-state index contributed by atoms with van der Waals surface area (Å²) in [7, 11) is 0. The van der Waals surface area contributed by atoms with Crippen molar-refractivity contribution in [3.8, 4) is 0 Å². The summed E-state index contributed by atoms with van der Waals surface area (Å²) in [4.78, 5) is 0. The molecule has 0 spiro atoms. The van der Waals surface area contributed by atoms with E-state index in [-0.39, 0.29) is 6.04 Å². The predicted octanol–water partition coefficient (Wildman–Crippen LogP) is 5.17. The molecule has 0 bridgehead atoms. The van der Waals surface area contributed by atoms with Gasteiger partial charge in [-0.3, -0.25) is 0 Å². The zero-order chi connectivity index (χ0) is 13.7. The zero-order valence-electron chi connectivity index (χ0n) is 12.6. The molecule has 19 heavy (non-hydrogen) atoms. The van der Waals surface area contributed by atoms with Crippen LogP contribution in [-0.4, -0.2) is 0 Å². The predicted molar refractivity (Wildman–Crippen MR) is 83.3 cm³/mol. The van der Waals surface area contributed by atoms with Crippen molar-refractivity contribution in [2.75, 3.05) is 0 Å². The van der Waals surface area contributed by atoms with Crippen molar-refractivity contribution in [2.45, 2.75) is 70.8 Å². The van der Waals surface area contributed by atoms with E-state index in [0.29, 0.717) is 5.92 Å². The highest BCUT2D eigenvalue weighted by Crippen LogP contribution is 2.37. The zero-order valence-corrected chi connectivity index (χ0v) is 12.6. The molecule has 1 fully saturated rings. The Hall–Kier alpha value is -0.820. The van der Waals surface area contributed by atoms with Gasteiger partial charge in [-0.15, -0.1) is 0 Å². The van der Waals surface area contributed by atoms with Crippen molar-refractivity contribution in [3.63, 3.8) is 0 Å². The first-order valence-electron chi connectivity index (χ1n) is 8.11. The molecule has 1 aliphatic carbocycles. The Bertz CT molecular complexity index is 375. The molecule has 1 nitrogen and oxygen atoms in total. The van der Waals surface area contributed by atoms with Crippen LogP contribution in [0.25, 0.3) is 0 Å². The molecule has 0 saturated heterocycles. The molecule has 2 N–H and O–H groups in total. The van der Waals surface area contributed by atoms with Gasteiger partial charge in [-0.2, -0.15) is 0 Å². The van der Waals surface area contributed by atoms with Crippen LogP contribution in [0, 0.1) is 5.92 Å². The summed E-state index contributed by atoms with van der Waals surface area (Å²) in [5.41, 5.74) is 9.42. The van der Waals surface area contributed by atoms with E-state index in [1.807, 2.05) is 0 Å². The molecule has 1 saturated carbocycles. The quantitative estimate of drug-likeness (QED) is 0.718. The van der Waals surface area contributed by atoms with Crippen LogP contribution >= 0.6 is 0 Å². The lowest BCUT2D eigenvalue weighted by Crippen LogP contribution is -2.22. The topological polar surface area (TPSA) is 26.0 Å².